The number of nitrogens with zero attached hydrogens (tertiary/aromatic N) is 2. The van der Waals surface area contributed by atoms with Crippen molar-refractivity contribution in [3.63, 3.8) is 0 Å². The van der Waals surface area contributed by atoms with Crippen molar-refractivity contribution >= 4 is 33.6 Å². The Hall–Kier alpha value is -4.16. The Bertz CT molecular complexity index is 1870. The maximum atomic E-state index is 13.4. The maximum absolute atomic E-state index is 13.4. The number of fused-ring (bicyclic) bond motifs is 3. The van der Waals surface area contributed by atoms with E-state index in [4.69, 9.17) is 0 Å². The van der Waals surface area contributed by atoms with E-state index in [1.807, 2.05) is 12.1 Å². The first kappa shape index (κ1) is 29.5. The van der Waals surface area contributed by atoms with Crippen molar-refractivity contribution in [1.82, 2.24) is 19.8 Å². The molecule has 5 aromatic rings. The van der Waals surface area contributed by atoms with Crippen LogP contribution in [0.4, 0.5) is 0 Å². The second-order valence-corrected chi connectivity index (χ2v) is 13.6. The molecule has 2 N–H and O–H groups in total. The quantitative estimate of drug-likeness (QED) is 0.168. The average molecular weight is 601 g/mol. The molecule has 0 atom stereocenters. The van der Waals surface area contributed by atoms with Crippen LogP contribution < -0.4 is 0 Å². The third kappa shape index (κ3) is 4.64. The molecule has 1 aliphatic heterocycles. The molecule has 2 amide bonds. The molecule has 3 heterocycles. The standard InChI is InChI=1S/C39H44N4O2/c1-5-6-20-38(42(3)4)21-23-39(24-22-38,34-26(2)27-13-9-11-17-32(27)40-34)35-29(28-14-10-12-18-33(28)41-35)19-25-43-36(44)30-15-7-8-16-31(30)37(43)45/h7-18,40-41H,5-6,19-25H2,1-4H3. The summed E-state index contributed by atoms with van der Waals surface area (Å²) in [5, 5.41) is 2.44. The molecule has 1 saturated carbocycles. The van der Waals surface area contributed by atoms with Crippen molar-refractivity contribution in [2.75, 3.05) is 20.6 Å². The number of hydrogen-bond donors (Lipinski definition) is 2. The van der Waals surface area contributed by atoms with Crippen LogP contribution in [0.3, 0.4) is 0 Å². The van der Waals surface area contributed by atoms with Crippen LogP contribution in [0.1, 0.15) is 95.1 Å². The third-order valence-electron chi connectivity index (χ3n) is 11.2. The minimum Gasteiger partial charge on any atom is -0.357 e. The molecule has 2 aliphatic rings. The van der Waals surface area contributed by atoms with E-state index in [2.05, 4.69) is 91.3 Å². The number of aromatic amines is 2. The highest BCUT2D eigenvalue weighted by molar-refractivity contribution is 6.21. The molecular formula is C39H44N4O2. The summed E-state index contributed by atoms with van der Waals surface area (Å²) in [4.78, 5) is 38.5. The van der Waals surface area contributed by atoms with Gasteiger partial charge in [-0.15, -0.1) is 0 Å². The number of benzene rings is 3. The number of aryl methyl sites for hydroxylation is 1. The van der Waals surface area contributed by atoms with Crippen LogP contribution in [0.5, 0.6) is 0 Å². The first-order valence-electron chi connectivity index (χ1n) is 16.6. The Morgan fingerprint density at radius 3 is 1.91 bits per heavy atom. The van der Waals surface area contributed by atoms with E-state index in [0.29, 0.717) is 24.1 Å². The summed E-state index contributed by atoms with van der Waals surface area (Å²) in [6, 6.07) is 24.3. The first-order valence-corrected chi connectivity index (χ1v) is 16.6. The van der Waals surface area contributed by atoms with Gasteiger partial charge in [-0.25, -0.2) is 0 Å². The highest BCUT2D eigenvalue weighted by Crippen LogP contribution is 2.53. The fourth-order valence-electron chi connectivity index (χ4n) is 8.49. The second-order valence-electron chi connectivity index (χ2n) is 13.6. The van der Waals surface area contributed by atoms with E-state index < -0.39 is 0 Å². The molecular weight excluding hydrogens is 556 g/mol. The first-order chi connectivity index (χ1) is 21.8. The summed E-state index contributed by atoms with van der Waals surface area (Å²) in [5.74, 6) is -0.384. The summed E-state index contributed by atoms with van der Waals surface area (Å²) in [6.45, 7) is 4.90. The highest BCUT2D eigenvalue weighted by atomic mass is 16.2. The van der Waals surface area contributed by atoms with Gasteiger partial charge in [-0.3, -0.25) is 14.5 Å². The molecule has 232 valence electrons. The Morgan fingerprint density at radius 2 is 1.31 bits per heavy atom. The smallest absolute Gasteiger partial charge is 0.261 e. The van der Waals surface area contributed by atoms with Crippen LogP contribution in [0.2, 0.25) is 0 Å². The molecule has 7 rings (SSSR count). The zero-order valence-electron chi connectivity index (χ0n) is 27.0. The van der Waals surface area contributed by atoms with Crippen molar-refractivity contribution in [2.45, 2.75) is 76.2 Å². The highest BCUT2D eigenvalue weighted by Gasteiger charge is 2.49. The van der Waals surface area contributed by atoms with Crippen LogP contribution in [0.25, 0.3) is 21.8 Å². The molecule has 0 radical (unpaired) electrons. The van der Waals surface area contributed by atoms with Gasteiger partial charge in [0, 0.05) is 45.3 Å². The number of rotatable bonds is 9. The van der Waals surface area contributed by atoms with Crippen molar-refractivity contribution in [3.8, 4) is 0 Å². The third-order valence-corrected chi connectivity index (χ3v) is 11.2. The van der Waals surface area contributed by atoms with Crippen LogP contribution in [-0.4, -0.2) is 57.8 Å². The average Bonchev–Trinajstić information content (AvgIpc) is 3.69. The fraction of sp³-hybridized carbons (Fsp3) is 0.385. The molecule has 2 aromatic heterocycles. The number of carbonyl (C=O) groups is 2. The van der Waals surface area contributed by atoms with Gasteiger partial charge in [-0.05, 0) is 94.9 Å². The lowest BCUT2D eigenvalue weighted by Gasteiger charge is -2.50. The molecule has 6 heteroatoms. The van der Waals surface area contributed by atoms with E-state index in [9.17, 15) is 9.59 Å². The van der Waals surface area contributed by atoms with Gasteiger partial charge in [-0.2, -0.15) is 0 Å². The topological polar surface area (TPSA) is 72.2 Å². The van der Waals surface area contributed by atoms with Crippen LogP contribution in [0, 0.1) is 6.92 Å². The van der Waals surface area contributed by atoms with Gasteiger partial charge >= 0.3 is 0 Å². The second kappa shape index (κ2) is 11.3. The number of para-hydroxylation sites is 2. The van der Waals surface area contributed by atoms with Crippen molar-refractivity contribution in [3.05, 3.63) is 106 Å². The SMILES string of the molecule is CCCCC1(N(C)C)CCC(c2[nH]c3ccccc3c2C)(c2[nH]c3ccccc3c2CCN2C(=O)c3ccccc3C2=O)CC1. The maximum Gasteiger partial charge on any atom is 0.261 e. The molecule has 0 spiro atoms. The largest absolute Gasteiger partial charge is 0.357 e. The lowest BCUT2D eigenvalue weighted by atomic mass is 9.61. The molecule has 45 heavy (non-hydrogen) atoms. The van der Waals surface area contributed by atoms with Gasteiger partial charge in [0.25, 0.3) is 11.8 Å². The van der Waals surface area contributed by atoms with Gasteiger partial charge < -0.3 is 14.9 Å². The van der Waals surface area contributed by atoms with E-state index in [0.717, 1.165) is 31.2 Å². The van der Waals surface area contributed by atoms with E-state index in [-0.39, 0.29) is 22.8 Å². The van der Waals surface area contributed by atoms with Gasteiger partial charge in [0.1, 0.15) is 0 Å². The Labute approximate surface area is 265 Å². The lowest BCUT2D eigenvalue weighted by molar-refractivity contribution is 0.0636. The molecule has 0 saturated heterocycles. The minimum absolute atomic E-state index is 0.172. The minimum atomic E-state index is -0.259. The number of hydrogen-bond acceptors (Lipinski definition) is 3. The number of H-pyrrole nitrogens is 2. The number of imide groups is 1. The van der Waals surface area contributed by atoms with E-state index >= 15 is 0 Å². The van der Waals surface area contributed by atoms with E-state index in [1.165, 1.54) is 63.0 Å². The van der Waals surface area contributed by atoms with Crippen molar-refractivity contribution in [1.29, 1.82) is 0 Å². The van der Waals surface area contributed by atoms with Gasteiger partial charge in [0.2, 0.25) is 0 Å². The van der Waals surface area contributed by atoms with Crippen LogP contribution in [-0.2, 0) is 11.8 Å². The van der Waals surface area contributed by atoms with E-state index in [1.54, 1.807) is 12.1 Å². The molecule has 6 nitrogen and oxygen atoms in total. The normalized spacial score (nSPS) is 21.8. The molecule has 0 bridgehead atoms. The van der Waals surface area contributed by atoms with Gasteiger partial charge in [0.05, 0.1) is 16.5 Å². The van der Waals surface area contributed by atoms with Gasteiger partial charge in [0.15, 0.2) is 0 Å². The van der Waals surface area contributed by atoms with Gasteiger partial charge in [-0.1, -0.05) is 68.3 Å². The molecule has 1 aliphatic carbocycles. The predicted octanol–water partition coefficient (Wildman–Crippen LogP) is 8.15. The zero-order valence-corrected chi connectivity index (χ0v) is 27.0. The Morgan fingerprint density at radius 1 is 0.756 bits per heavy atom. The number of aromatic nitrogens is 2. The summed E-state index contributed by atoms with van der Waals surface area (Å²) in [5.41, 5.74) is 8.25. The summed E-state index contributed by atoms with van der Waals surface area (Å²) >= 11 is 0. The van der Waals surface area contributed by atoms with Crippen LogP contribution >= 0.6 is 0 Å². The van der Waals surface area contributed by atoms with Crippen molar-refractivity contribution < 1.29 is 9.59 Å². The monoisotopic (exact) mass is 600 g/mol. The summed E-state index contributed by atoms with van der Waals surface area (Å²) in [6.07, 6.45) is 8.45. The Kier molecular flexibility index (Phi) is 7.44. The van der Waals surface area contributed by atoms with Crippen LogP contribution in [0.15, 0.2) is 72.8 Å². The fourth-order valence-corrected chi connectivity index (χ4v) is 8.49. The summed E-state index contributed by atoms with van der Waals surface area (Å²) in [7, 11) is 4.51. The number of amides is 2. The molecule has 1 fully saturated rings. The number of unbranched alkanes of at least 4 members (excludes halogenated alkanes) is 1. The lowest BCUT2D eigenvalue weighted by Crippen LogP contribution is -2.51. The molecule has 3 aromatic carbocycles. The number of nitrogens with one attached hydrogen (secondary N) is 2. The summed E-state index contributed by atoms with van der Waals surface area (Å²) < 4.78 is 0. The Balaban J connectivity index is 1.35. The molecule has 0 unspecified atom stereocenters. The zero-order chi connectivity index (χ0) is 31.3. The predicted molar refractivity (Wildman–Crippen MR) is 182 cm³/mol. The number of carbonyl (C=O) groups excluding carboxylic acids is 2. The van der Waals surface area contributed by atoms with Crippen molar-refractivity contribution in [2.24, 2.45) is 0 Å².